The molecular weight excluding hydrogens is 286 g/mol. The summed E-state index contributed by atoms with van der Waals surface area (Å²) in [5.74, 6) is 0.683. The lowest BCUT2D eigenvalue weighted by Gasteiger charge is -2.14. The van der Waals surface area contributed by atoms with Crippen LogP contribution in [0.25, 0.3) is 16.7 Å². The first-order chi connectivity index (χ1) is 11.1. The zero-order valence-corrected chi connectivity index (χ0v) is 14.0. The van der Waals surface area contributed by atoms with E-state index in [0.717, 1.165) is 35.9 Å². The summed E-state index contributed by atoms with van der Waals surface area (Å²) >= 11 is 0. The van der Waals surface area contributed by atoms with E-state index in [0.29, 0.717) is 17.4 Å². The van der Waals surface area contributed by atoms with E-state index in [1.54, 1.807) is 4.80 Å². The van der Waals surface area contributed by atoms with E-state index in [9.17, 15) is 5.11 Å². The lowest BCUT2D eigenvalue weighted by molar-refractivity contribution is 0.459. The molecule has 0 unspecified atom stereocenters. The van der Waals surface area contributed by atoms with Gasteiger partial charge in [0.25, 0.3) is 0 Å². The number of aromatic nitrogens is 3. The van der Waals surface area contributed by atoms with E-state index >= 15 is 0 Å². The van der Waals surface area contributed by atoms with Crippen LogP contribution >= 0.6 is 0 Å². The van der Waals surface area contributed by atoms with Gasteiger partial charge in [-0.25, -0.2) is 0 Å². The number of benzene rings is 2. The van der Waals surface area contributed by atoms with E-state index in [2.05, 4.69) is 37.0 Å². The van der Waals surface area contributed by atoms with Crippen LogP contribution in [0.2, 0.25) is 0 Å². The van der Waals surface area contributed by atoms with Crippen molar-refractivity contribution in [3.63, 3.8) is 0 Å². The van der Waals surface area contributed by atoms with E-state index in [-0.39, 0.29) is 0 Å². The Morgan fingerprint density at radius 1 is 1.09 bits per heavy atom. The summed E-state index contributed by atoms with van der Waals surface area (Å²) in [5.41, 5.74) is 4.51. The second-order valence-corrected chi connectivity index (χ2v) is 6.28. The molecule has 1 N–H and O–H groups in total. The minimum Gasteiger partial charge on any atom is -0.505 e. The van der Waals surface area contributed by atoms with Gasteiger partial charge < -0.3 is 5.11 Å². The summed E-state index contributed by atoms with van der Waals surface area (Å²) in [4.78, 5) is 1.56. The quantitative estimate of drug-likeness (QED) is 0.750. The molecule has 23 heavy (non-hydrogen) atoms. The topological polar surface area (TPSA) is 50.9 Å². The fourth-order valence-corrected chi connectivity index (χ4v) is 2.71. The minimum atomic E-state index is 0.295. The molecule has 0 bridgehead atoms. The maximum absolute atomic E-state index is 10.7. The van der Waals surface area contributed by atoms with Gasteiger partial charge in [-0.1, -0.05) is 45.4 Å². The van der Waals surface area contributed by atoms with E-state index in [1.807, 2.05) is 30.3 Å². The standard InChI is InChI=1S/C19H23N3O/c1-4-5-8-14-11-15(13(2)3)12-18(19(14)23)22-20-16-9-6-7-10-17(16)21-22/h6-7,9-13,23H,4-5,8H2,1-3H3. The molecule has 0 aliphatic carbocycles. The number of phenols is 1. The van der Waals surface area contributed by atoms with Gasteiger partial charge in [0.2, 0.25) is 0 Å². The average molecular weight is 309 g/mol. The normalized spacial score (nSPS) is 11.5. The molecule has 0 fully saturated rings. The van der Waals surface area contributed by atoms with Gasteiger partial charge in [0.15, 0.2) is 0 Å². The Balaban J connectivity index is 2.14. The SMILES string of the molecule is CCCCc1cc(C(C)C)cc(-n2nc3ccccc3n2)c1O. The number of aryl methyl sites for hydroxylation is 1. The van der Waals surface area contributed by atoms with Crippen LogP contribution in [-0.2, 0) is 6.42 Å². The van der Waals surface area contributed by atoms with Crippen molar-refractivity contribution < 1.29 is 5.11 Å². The van der Waals surface area contributed by atoms with Crippen molar-refractivity contribution in [1.29, 1.82) is 0 Å². The van der Waals surface area contributed by atoms with Gasteiger partial charge in [0, 0.05) is 0 Å². The maximum Gasteiger partial charge on any atom is 0.146 e. The molecule has 1 heterocycles. The van der Waals surface area contributed by atoms with Gasteiger partial charge in [-0.05, 0) is 48.1 Å². The van der Waals surface area contributed by atoms with Crippen LogP contribution < -0.4 is 0 Å². The van der Waals surface area contributed by atoms with Crippen LogP contribution in [0.15, 0.2) is 36.4 Å². The van der Waals surface area contributed by atoms with Crippen molar-refractivity contribution in [3.05, 3.63) is 47.5 Å². The first-order valence-corrected chi connectivity index (χ1v) is 8.28. The number of nitrogens with zero attached hydrogens (tertiary/aromatic N) is 3. The number of fused-ring (bicyclic) bond motifs is 1. The third-order valence-electron chi connectivity index (χ3n) is 4.16. The smallest absolute Gasteiger partial charge is 0.146 e. The first-order valence-electron chi connectivity index (χ1n) is 8.28. The Labute approximate surface area is 136 Å². The Hall–Kier alpha value is -2.36. The molecule has 4 heteroatoms. The van der Waals surface area contributed by atoms with Crippen LogP contribution in [0, 0.1) is 0 Å². The highest BCUT2D eigenvalue weighted by molar-refractivity contribution is 5.73. The number of rotatable bonds is 5. The Kier molecular flexibility index (Phi) is 4.33. The molecule has 2 aromatic carbocycles. The van der Waals surface area contributed by atoms with E-state index in [1.165, 1.54) is 5.56 Å². The minimum absolute atomic E-state index is 0.295. The average Bonchev–Trinajstić information content (AvgIpc) is 2.97. The lowest BCUT2D eigenvalue weighted by atomic mass is 9.96. The fourth-order valence-electron chi connectivity index (χ4n) is 2.71. The lowest BCUT2D eigenvalue weighted by Crippen LogP contribution is -2.03. The first kappa shape index (κ1) is 15.5. The molecule has 0 aliphatic heterocycles. The monoisotopic (exact) mass is 309 g/mol. The zero-order valence-electron chi connectivity index (χ0n) is 14.0. The molecule has 0 aliphatic rings. The predicted octanol–water partition coefficient (Wildman–Crippen LogP) is 4.59. The van der Waals surface area contributed by atoms with Gasteiger partial charge in [-0.15, -0.1) is 15.0 Å². The molecule has 3 aromatic rings. The largest absolute Gasteiger partial charge is 0.505 e. The van der Waals surface area contributed by atoms with Gasteiger partial charge in [-0.3, -0.25) is 0 Å². The summed E-state index contributed by atoms with van der Waals surface area (Å²) in [6.45, 7) is 6.48. The number of hydrogen-bond donors (Lipinski definition) is 1. The molecule has 1 aromatic heterocycles. The molecule has 0 saturated heterocycles. The van der Waals surface area contributed by atoms with Crippen molar-refractivity contribution in [2.45, 2.75) is 46.0 Å². The van der Waals surface area contributed by atoms with Crippen molar-refractivity contribution in [1.82, 2.24) is 15.0 Å². The number of unbranched alkanes of at least 4 members (excludes halogenated alkanes) is 1. The number of phenolic OH excluding ortho intramolecular Hbond substituents is 1. The van der Waals surface area contributed by atoms with Crippen molar-refractivity contribution in [2.24, 2.45) is 0 Å². The van der Waals surface area contributed by atoms with Crippen LogP contribution in [0.1, 0.15) is 50.7 Å². The number of aromatic hydroxyl groups is 1. The van der Waals surface area contributed by atoms with Crippen LogP contribution in [-0.4, -0.2) is 20.1 Å². The zero-order chi connectivity index (χ0) is 16.4. The van der Waals surface area contributed by atoms with Crippen LogP contribution in [0.3, 0.4) is 0 Å². The molecule has 0 amide bonds. The molecule has 0 radical (unpaired) electrons. The molecule has 0 atom stereocenters. The molecule has 0 spiro atoms. The highest BCUT2D eigenvalue weighted by atomic mass is 16.3. The van der Waals surface area contributed by atoms with Crippen LogP contribution in [0.4, 0.5) is 0 Å². The van der Waals surface area contributed by atoms with E-state index in [4.69, 9.17) is 0 Å². The third-order valence-corrected chi connectivity index (χ3v) is 4.16. The number of hydrogen-bond acceptors (Lipinski definition) is 3. The molecule has 120 valence electrons. The summed E-state index contributed by atoms with van der Waals surface area (Å²) in [6, 6.07) is 11.9. The van der Waals surface area contributed by atoms with Crippen molar-refractivity contribution >= 4 is 11.0 Å². The maximum atomic E-state index is 10.7. The molecule has 3 rings (SSSR count). The second kappa shape index (κ2) is 6.41. The Bertz CT molecular complexity index is 788. The van der Waals surface area contributed by atoms with Crippen molar-refractivity contribution in [2.75, 3.05) is 0 Å². The van der Waals surface area contributed by atoms with Crippen LogP contribution in [0.5, 0.6) is 5.75 Å². The molecule has 0 saturated carbocycles. The highest BCUT2D eigenvalue weighted by Crippen LogP contribution is 2.31. The van der Waals surface area contributed by atoms with E-state index < -0.39 is 0 Å². The second-order valence-electron chi connectivity index (χ2n) is 6.28. The summed E-state index contributed by atoms with van der Waals surface area (Å²) < 4.78 is 0. The fraction of sp³-hybridized carbons (Fsp3) is 0.368. The Morgan fingerprint density at radius 2 is 1.74 bits per heavy atom. The third kappa shape index (κ3) is 3.07. The highest BCUT2D eigenvalue weighted by Gasteiger charge is 2.15. The summed E-state index contributed by atoms with van der Waals surface area (Å²) in [6.07, 6.45) is 3.03. The molecular formula is C19H23N3O. The van der Waals surface area contributed by atoms with Gasteiger partial charge in [-0.2, -0.15) is 0 Å². The van der Waals surface area contributed by atoms with Gasteiger partial charge in [0.05, 0.1) is 0 Å². The summed E-state index contributed by atoms with van der Waals surface area (Å²) in [7, 11) is 0. The summed E-state index contributed by atoms with van der Waals surface area (Å²) in [5, 5.41) is 19.7. The predicted molar refractivity (Wildman–Crippen MR) is 93.2 cm³/mol. The van der Waals surface area contributed by atoms with Crippen molar-refractivity contribution in [3.8, 4) is 11.4 Å². The van der Waals surface area contributed by atoms with Gasteiger partial charge in [0.1, 0.15) is 22.5 Å². The molecule has 4 nitrogen and oxygen atoms in total. The Morgan fingerprint density at radius 3 is 2.30 bits per heavy atom. The van der Waals surface area contributed by atoms with Gasteiger partial charge >= 0.3 is 0 Å².